The molecule has 4 heteroatoms. The minimum Gasteiger partial charge on any atom is -0.485 e. The van der Waals surface area contributed by atoms with Crippen molar-refractivity contribution in [2.45, 2.75) is 26.1 Å². The number of ether oxygens (including phenoxy) is 1. The second-order valence-electron chi connectivity index (χ2n) is 4.99. The van der Waals surface area contributed by atoms with Gasteiger partial charge in [-0.15, -0.1) is 0 Å². The van der Waals surface area contributed by atoms with Crippen molar-refractivity contribution in [1.29, 1.82) is 0 Å². The molecule has 0 radical (unpaired) electrons. The first-order chi connectivity index (χ1) is 7.85. The summed E-state index contributed by atoms with van der Waals surface area (Å²) in [6.45, 7) is 4.69. The van der Waals surface area contributed by atoms with Gasteiger partial charge in [0.25, 0.3) is 0 Å². The highest BCUT2D eigenvalue weighted by Crippen LogP contribution is 2.31. The molecule has 0 fully saturated rings. The van der Waals surface area contributed by atoms with Crippen molar-refractivity contribution in [3.05, 3.63) is 28.8 Å². The molecular formula is C13H20ClNO2. The van der Waals surface area contributed by atoms with Crippen molar-refractivity contribution in [3.63, 3.8) is 0 Å². The van der Waals surface area contributed by atoms with Crippen LogP contribution in [0.1, 0.15) is 19.4 Å². The van der Waals surface area contributed by atoms with Crippen molar-refractivity contribution >= 4 is 11.6 Å². The Labute approximate surface area is 108 Å². The Morgan fingerprint density at radius 3 is 2.53 bits per heavy atom. The van der Waals surface area contributed by atoms with E-state index in [1.807, 2.05) is 34.0 Å². The van der Waals surface area contributed by atoms with Gasteiger partial charge in [0.1, 0.15) is 11.4 Å². The van der Waals surface area contributed by atoms with Crippen molar-refractivity contribution in [1.82, 2.24) is 4.90 Å². The lowest BCUT2D eigenvalue weighted by molar-refractivity contribution is 0.0749. The van der Waals surface area contributed by atoms with Crippen LogP contribution in [0.3, 0.4) is 0 Å². The number of benzene rings is 1. The second kappa shape index (κ2) is 5.71. The van der Waals surface area contributed by atoms with E-state index >= 15 is 0 Å². The average Bonchev–Trinajstić information content (AvgIpc) is 2.18. The quantitative estimate of drug-likeness (QED) is 0.880. The summed E-state index contributed by atoms with van der Waals surface area (Å²) in [6, 6.07) is 5.38. The Morgan fingerprint density at radius 1 is 1.35 bits per heavy atom. The zero-order chi connectivity index (χ0) is 13.1. The summed E-state index contributed by atoms with van der Waals surface area (Å²) in [5.41, 5.74) is 0.350. The number of hydrogen-bond donors (Lipinski definition) is 1. The first-order valence-electron chi connectivity index (χ1n) is 5.58. The lowest BCUT2D eigenvalue weighted by atomic mass is 10.1. The third-order valence-corrected chi connectivity index (χ3v) is 2.59. The zero-order valence-corrected chi connectivity index (χ0v) is 11.6. The molecule has 0 atom stereocenters. The molecule has 0 aliphatic carbocycles. The Bertz CT molecular complexity index is 378. The van der Waals surface area contributed by atoms with E-state index in [0.29, 0.717) is 16.3 Å². The van der Waals surface area contributed by atoms with E-state index < -0.39 is 0 Å². The van der Waals surface area contributed by atoms with Gasteiger partial charge in [0, 0.05) is 12.1 Å². The van der Waals surface area contributed by atoms with Crippen LogP contribution in [0.5, 0.6) is 5.75 Å². The molecule has 0 aliphatic heterocycles. The van der Waals surface area contributed by atoms with E-state index in [-0.39, 0.29) is 12.2 Å². The van der Waals surface area contributed by atoms with Gasteiger partial charge in [-0.3, -0.25) is 0 Å². The average molecular weight is 258 g/mol. The van der Waals surface area contributed by atoms with E-state index in [2.05, 4.69) is 4.90 Å². The number of halogens is 1. The highest BCUT2D eigenvalue weighted by molar-refractivity contribution is 6.32. The van der Waals surface area contributed by atoms with Gasteiger partial charge < -0.3 is 14.7 Å². The number of para-hydroxylation sites is 1. The number of rotatable bonds is 5. The summed E-state index contributed by atoms with van der Waals surface area (Å²) >= 11 is 6.10. The number of hydrogen-bond acceptors (Lipinski definition) is 3. The van der Waals surface area contributed by atoms with Crippen LogP contribution in [0.15, 0.2) is 18.2 Å². The summed E-state index contributed by atoms with van der Waals surface area (Å²) in [7, 11) is 3.98. The lowest BCUT2D eigenvalue weighted by Crippen LogP contribution is -2.40. The van der Waals surface area contributed by atoms with Crippen molar-refractivity contribution in [2.24, 2.45) is 0 Å². The molecule has 96 valence electrons. The molecule has 0 aliphatic rings. The highest BCUT2D eigenvalue weighted by atomic mass is 35.5. The van der Waals surface area contributed by atoms with Gasteiger partial charge in [-0.05, 0) is 34.0 Å². The summed E-state index contributed by atoms with van der Waals surface area (Å²) in [4.78, 5) is 2.05. The molecule has 0 aromatic heterocycles. The second-order valence-corrected chi connectivity index (χ2v) is 5.39. The molecule has 1 rings (SSSR count). The van der Waals surface area contributed by atoms with Crippen LogP contribution in [0.4, 0.5) is 0 Å². The lowest BCUT2D eigenvalue weighted by Gasteiger charge is -2.30. The SMILES string of the molecule is CN(C)CC(C)(C)Oc1c(Cl)cccc1CO. The van der Waals surface area contributed by atoms with Crippen molar-refractivity contribution in [3.8, 4) is 5.75 Å². The van der Waals surface area contributed by atoms with Gasteiger partial charge in [0.2, 0.25) is 0 Å². The van der Waals surface area contributed by atoms with Gasteiger partial charge in [-0.1, -0.05) is 23.7 Å². The third-order valence-electron chi connectivity index (χ3n) is 2.29. The predicted octanol–water partition coefficient (Wildman–Crippen LogP) is 2.55. The molecular weight excluding hydrogens is 238 g/mol. The Morgan fingerprint density at radius 2 is 2.00 bits per heavy atom. The van der Waals surface area contributed by atoms with E-state index in [0.717, 1.165) is 6.54 Å². The van der Waals surface area contributed by atoms with Crippen molar-refractivity contribution in [2.75, 3.05) is 20.6 Å². The van der Waals surface area contributed by atoms with Crippen LogP contribution in [-0.4, -0.2) is 36.2 Å². The van der Waals surface area contributed by atoms with E-state index in [1.165, 1.54) is 0 Å². The van der Waals surface area contributed by atoms with Crippen LogP contribution in [0, 0.1) is 0 Å². The molecule has 1 aromatic rings. The standard InChI is InChI=1S/C13H20ClNO2/c1-13(2,9-15(3)4)17-12-10(8-16)6-5-7-11(12)14/h5-7,16H,8-9H2,1-4H3. The molecule has 3 nitrogen and oxygen atoms in total. The molecule has 17 heavy (non-hydrogen) atoms. The van der Waals surface area contributed by atoms with E-state index in [1.54, 1.807) is 12.1 Å². The zero-order valence-electron chi connectivity index (χ0n) is 10.8. The Kier molecular flexibility index (Phi) is 4.80. The van der Waals surface area contributed by atoms with Crippen molar-refractivity contribution < 1.29 is 9.84 Å². The number of nitrogens with zero attached hydrogens (tertiary/aromatic N) is 1. The normalized spacial score (nSPS) is 11.9. The Balaban J connectivity index is 2.94. The molecule has 0 unspecified atom stereocenters. The summed E-state index contributed by atoms with van der Waals surface area (Å²) < 4.78 is 5.93. The van der Waals surface area contributed by atoms with E-state index in [4.69, 9.17) is 16.3 Å². The maximum Gasteiger partial charge on any atom is 0.144 e. The molecule has 0 spiro atoms. The number of aliphatic hydroxyl groups excluding tert-OH is 1. The fourth-order valence-electron chi connectivity index (χ4n) is 1.86. The third kappa shape index (κ3) is 4.19. The largest absolute Gasteiger partial charge is 0.485 e. The van der Waals surface area contributed by atoms with Crippen LogP contribution in [-0.2, 0) is 6.61 Å². The summed E-state index contributed by atoms with van der Waals surface area (Å²) in [5.74, 6) is 0.573. The van der Waals surface area contributed by atoms with Crippen LogP contribution >= 0.6 is 11.6 Å². The first-order valence-corrected chi connectivity index (χ1v) is 5.95. The molecule has 0 heterocycles. The van der Waals surface area contributed by atoms with Gasteiger partial charge in [0.05, 0.1) is 11.6 Å². The predicted molar refractivity (Wildman–Crippen MR) is 70.6 cm³/mol. The highest BCUT2D eigenvalue weighted by Gasteiger charge is 2.23. The topological polar surface area (TPSA) is 32.7 Å². The Hall–Kier alpha value is -0.770. The minimum absolute atomic E-state index is 0.0755. The van der Waals surface area contributed by atoms with Gasteiger partial charge in [0.15, 0.2) is 0 Å². The molecule has 0 saturated heterocycles. The van der Waals surface area contributed by atoms with Gasteiger partial charge in [-0.2, -0.15) is 0 Å². The fourth-order valence-corrected chi connectivity index (χ4v) is 2.10. The van der Waals surface area contributed by atoms with Gasteiger partial charge in [-0.25, -0.2) is 0 Å². The molecule has 1 N–H and O–H groups in total. The minimum atomic E-state index is -0.363. The summed E-state index contributed by atoms with van der Waals surface area (Å²) in [6.07, 6.45) is 0. The smallest absolute Gasteiger partial charge is 0.144 e. The number of likely N-dealkylation sites (N-methyl/N-ethyl adjacent to an activating group) is 1. The maximum atomic E-state index is 9.27. The maximum absolute atomic E-state index is 9.27. The molecule has 1 aromatic carbocycles. The molecule has 0 amide bonds. The van der Waals surface area contributed by atoms with E-state index in [9.17, 15) is 5.11 Å². The summed E-state index contributed by atoms with van der Waals surface area (Å²) in [5, 5.41) is 9.80. The van der Waals surface area contributed by atoms with Gasteiger partial charge >= 0.3 is 0 Å². The molecule has 0 saturated carbocycles. The monoisotopic (exact) mass is 257 g/mol. The van der Waals surface area contributed by atoms with Crippen LogP contribution < -0.4 is 4.74 Å². The van der Waals surface area contributed by atoms with Crippen LogP contribution in [0.25, 0.3) is 0 Å². The number of aliphatic hydroxyl groups is 1. The first kappa shape index (κ1) is 14.3. The van der Waals surface area contributed by atoms with Crippen LogP contribution in [0.2, 0.25) is 5.02 Å². The fraction of sp³-hybridized carbons (Fsp3) is 0.538. The molecule has 0 bridgehead atoms.